The summed E-state index contributed by atoms with van der Waals surface area (Å²) in [5, 5.41) is 8.28. The number of sulfonamides is 1. The van der Waals surface area contributed by atoms with Gasteiger partial charge in [0, 0.05) is 17.8 Å². The Morgan fingerprint density at radius 3 is 2.70 bits per heavy atom. The van der Waals surface area contributed by atoms with Crippen molar-refractivity contribution >= 4 is 21.6 Å². The monoisotopic (exact) mass is 337 g/mol. The summed E-state index contributed by atoms with van der Waals surface area (Å²) < 4.78 is 22.9. The molecule has 6 nitrogen and oxygen atoms in total. The first-order valence-electron chi connectivity index (χ1n) is 8.06. The molecular formula is C16H23N3O3S. The molecule has 1 saturated carbocycles. The Balaban J connectivity index is 1.73. The van der Waals surface area contributed by atoms with Gasteiger partial charge in [-0.1, -0.05) is 12.8 Å². The summed E-state index contributed by atoms with van der Waals surface area (Å²) in [7, 11) is -3.70. The van der Waals surface area contributed by atoms with Crippen LogP contribution in [0.15, 0.2) is 23.1 Å². The zero-order valence-corrected chi connectivity index (χ0v) is 14.1. The second-order valence-corrected chi connectivity index (χ2v) is 8.13. The van der Waals surface area contributed by atoms with Crippen molar-refractivity contribution in [3.05, 3.63) is 23.8 Å². The molecule has 1 aromatic carbocycles. The number of nitrogens with zero attached hydrogens (tertiary/aromatic N) is 1. The minimum atomic E-state index is -3.70. The maximum absolute atomic E-state index is 12.3. The molecular weight excluding hydrogens is 314 g/mol. The van der Waals surface area contributed by atoms with Crippen LogP contribution in [0, 0.1) is 0 Å². The second-order valence-electron chi connectivity index (χ2n) is 6.57. The van der Waals surface area contributed by atoms with Crippen molar-refractivity contribution in [1.29, 1.82) is 0 Å². The number of hydrogen-bond donors (Lipinski definition) is 2. The number of fused-ring (bicyclic) bond motifs is 1. The largest absolute Gasteiger partial charge is 0.359 e. The van der Waals surface area contributed by atoms with E-state index in [0.717, 1.165) is 30.5 Å². The van der Waals surface area contributed by atoms with Crippen molar-refractivity contribution in [2.45, 2.75) is 56.0 Å². The molecule has 1 amide bonds. The Kier molecular flexibility index (Phi) is 4.33. The average Bonchev–Trinajstić information content (AvgIpc) is 3.06. The number of amides is 1. The lowest BCUT2D eigenvalue weighted by Crippen LogP contribution is -2.43. The molecule has 1 heterocycles. The van der Waals surface area contributed by atoms with Crippen molar-refractivity contribution in [1.82, 2.24) is 5.32 Å². The zero-order valence-electron chi connectivity index (χ0n) is 13.3. The highest BCUT2D eigenvalue weighted by atomic mass is 32.2. The predicted molar refractivity (Wildman–Crippen MR) is 88.7 cm³/mol. The summed E-state index contributed by atoms with van der Waals surface area (Å²) in [5.41, 5.74) is 1.85. The summed E-state index contributed by atoms with van der Waals surface area (Å²) >= 11 is 0. The lowest BCUT2D eigenvalue weighted by atomic mass is 10.1. The molecule has 0 bridgehead atoms. The van der Waals surface area contributed by atoms with E-state index in [1.54, 1.807) is 12.1 Å². The zero-order chi connectivity index (χ0) is 16.6. The summed E-state index contributed by atoms with van der Waals surface area (Å²) in [6.45, 7) is 2.35. The number of primary sulfonamides is 1. The lowest BCUT2D eigenvalue weighted by molar-refractivity contribution is -0.120. The van der Waals surface area contributed by atoms with Crippen LogP contribution < -0.4 is 15.4 Å². The van der Waals surface area contributed by atoms with Gasteiger partial charge in [-0.2, -0.15) is 0 Å². The van der Waals surface area contributed by atoms with Crippen LogP contribution in [-0.4, -0.2) is 33.0 Å². The molecule has 0 aromatic heterocycles. The number of rotatable bonds is 4. The van der Waals surface area contributed by atoms with Gasteiger partial charge in [0.15, 0.2) is 0 Å². The number of benzene rings is 1. The molecule has 3 N–H and O–H groups in total. The standard InChI is InChI=1S/C16H23N3O3S/c1-11-8-12-9-14(23(17,21)22)6-7-15(12)19(11)10-16(20)18-13-4-2-3-5-13/h6-7,9,11,13H,2-5,8,10H2,1H3,(H,18,20)(H2,17,21,22)/t11-/m1/s1. The molecule has 0 unspecified atom stereocenters. The maximum Gasteiger partial charge on any atom is 0.239 e. The van der Waals surface area contributed by atoms with Crippen LogP contribution in [0.5, 0.6) is 0 Å². The van der Waals surface area contributed by atoms with Gasteiger partial charge in [0.05, 0.1) is 11.4 Å². The molecule has 126 valence electrons. The number of anilines is 1. The van der Waals surface area contributed by atoms with E-state index >= 15 is 0 Å². The van der Waals surface area contributed by atoms with Crippen LogP contribution in [-0.2, 0) is 21.2 Å². The van der Waals surface area contributed by atoms with Crippen LogP contribution >= 0.6 is 0 Å². The van der Waals surface area contributed by atoms with E-state index in [1.165, 1.54) is 18.9 Å². The Morgan fingerprint density at radius 1 is 1.35 bits per heavy atom. The first-order chi connectivity index (χ1) is 10.8. The van der Waals surface area contributed by atoms with E-state index < -0.39 is 10.0 Å². The fraction of sp³-hybridized carbons (Fsp3) is 0.562. The molecule has 0 radical (unpaired) electrons. The van der Waals surface area contributed by atoms with E-state index in [1.807, 2.05) is 11.8 Å². The van der Waals surface area contributed by atoms with Crippen molar-refractivity contribution in [2.75, 3.05) is 11.4 Å². The van der Waals surface area contributed by atoms with Gasteiger partial charge < -0.3 is 10.2 Å². The summed E-state index contributed by atoms with van der Waals surface area (Å²) in [4.78, 5) is 14.4. The topological polar surface area (TPSA) is 92.5 Å². The van der Waals surface area contributed by atoms with E-state index in [2.05, 4.69) is 5.32 Å². The van der Waals surface area contributed by atoms with E-state index in [-0.39, 0.29) is 16.8 Å². The first-order valence-corrected chi connectivity index (χ1v) is 9.61. The van der Waals surface area contributed by atoms with Gasteiger partial charge in [0.2, 0.25) is 15.9 Å². The van der Waals surface area contributed by atoms with Crippen LogP contribution in [0.3, 0.4) is 0 Å². The molecule has 23 heavy (non-hydrogen) atoms. The van der Waals surface area contributed by atoms with Crippen molar-refractivity contribution in [3.8, 4) is 0 Å². The van der Waals surface area contributed by atoms with Gasteiger partial charge in [0.25, 0.3) is 0 Å². The predicted octanol–water partition coefficient (Wildman–Crippen LogP) is 1.14. The fourth-order valence-corrected chi connectivity index (χ4v) is 4.15. The molecule has 1 fully saturated rings. The highest BCUT2D eigenvalue weighted by Gasteiger charge is 2.29. The third-order valence-electron chi connectivity index (χ3n) is 4.77. The number of nitrogens with two attached hydrogens (primary N) is 1. The van der Waals surface area contributed by atoms with Crippen LogP contribution in [0.4, 0.5) is 5.69 Å². The molecule has 7 heteroatoms. The molecule has 1 aromatic rings. The van der Waals surface area contributed by atoms with Gasteiger partial charge in [-0.3, -0.25) is 4.79 Å². The van der Waals surface area contributed by atoms with Crippen LogP contribution in [0.2, 0.25) is 0 Å². The van der Waals surface area contributed by atoms with E-state index in [0.29, 0.717) is 12.6 Å². The molecule has 1 aliphatic heterocycles. The number of nitrogens with one attached hydrogen (secondary N) is 1. The Labute approximate surface area is 137 Å². The summed E-state index contributed by atoms with van der Waals surface area (Å²) in [5.74, 6) is 0.0344. The molecule has 1 aliphatic carbocycles. The second kappa shape index (κ2) is 6.13. The van der Waals surface area contributed by atoms with Gasteiger partial charge in [-0.05, 0) is 49.9 Å². The fourth-order valence-electron chi connectivity index (χ4n) is 3.59. The molecule has 0 spiro atoms. The number of carbonyl (C=O) groups is 1. The first kappa shape index (κ1) is 16.3. The van der Waals surface area contributed by atoms with Crippen molar-refractivity contribution in [3.63, 3.8) is 0 Å². The Hall–Kier alpha value is -1.60. The summed E-state index contributed by atoms with van der Waals surface area (Å²) in [6, 6.07) is 5.35. The molecule has 1 atom stereocenters. The molecule has 0 saturated heterocycles. The van der Waals surface area contributed by atoms with Crippen molar-refractivity contribution < 1.29 is 13.2 Å². The van der Waals surface area contributed by atoms with Gasteiger partial charge in [-0.25, -0.2) is 13.6 Å². The number of hydrogen-bond acceptors (Lipinski definition) is 4. The lowest BCUT2D eigenvalue weighted by Gasteiger charge is -2.25. The van der Waals surface area contributed by atoms with Crippen LogP contribution in [0.1, 0.15) is 38.2 Å². The molecule has 2 aliphatic rings. The highest BCUT2D eigenvalue weighted by molar-refractivity contribution is 7.89. The van der Waals surface area contributed by atoms with Gasteiger partial charge in [0.1, 0.15) is 0 Å². The number of carbonyl (C=O) groups excluding carboxylic acids is 1. The van der Waals surface area contributed by atoms with Gasteiger partial charge >= 0.3 is 0 Å². The minimum absolute atomic E-state index is 0.0344. The van der Waals surface area contributed by atoms with Gasteiger partial charge in [-0.15, -0.1) is 0 Å². The third-order valence-corrected chi connectivity index (χ3v) is 5.68. The average molecular weight is 337 g/mol. The quantitative estimate of drug-likeness (QED) is 0.862. The molecule has 3 rings (SSSR count). The van der Waals surface area contributed by atoms with Crippen molar-refractivity contribution in [2.24, 2.45) is 5.14 Å². The Morgan fingerprint density at radius 2 is 2.04 bits per heavy atom. The normalized spacial score (nSPS) is 21.5. The smallest absolute Gasteiger partial charge is 0.239 e. The minimum Gasteiger partial charge on any atom is -0.359 e. The highest BCUT2D eigenvalue weighted by Crippen LogP contribution is 2.33. The van der Waals surface area contributed by atoms with Crippen LogP contribution in [0.25, 0.3) is 0 Å². The summed E-state index contributed by atoms with van der Waals surface area (Å²) in [6.07, 6.45) is 5.22. The SMILES string of the molecule is C[C@@H]1Cc2cc(S(N)(=O)=O)ccc2N1CC(=O)NC1CCCC1. The maximum atomic E-state index is 12.3. The third kappa shape index (κ3) is 3.50. The Bertz CT molecular complexity index is 711. The van der Waals surface area contributed by atoms with E-state index in [4.69, 9.17) is 5.14 Å². The van der Waals surface area contributed by atoms with E-state index in [9.17, 15) is 13.2 Å².